The van der Waals surface area contributed by atoms with E-state index in [1.54, 1.807) is 12.1 Å². The van der Waals surface area contributed by atoms with Crippen LogP contribution in [0.4, 0.5) is 4.39 Å². The van der Waals surface area contributed by atoms with E-state index in [-0.39, 0.29) is 43.4 Å². The van der Waals surface area contributed by atoms with Crippen molar-refractivity contribution in [1.82, 2.24) is 19.5 Å². The summed E-state index contributed by atoms with van der Waals surface area (Å²) in [5.41, 5.74) is -0.729. The lowest BCUT2D eigenvalue weighted by Crippen LogP contribution is -2.56. The number of allylic oxidation sites excluding steroid dienone is 1. The number of aromatic nitrogens is 1. The number of amides is 3. The number of carbonyl (C=O) groups is 4. The third kappa shape index (κ3) is 5.09. The number of aromatic hydroxyl groups is 1. The van der Waals surface area contributed by atoms with Crippen molar-refractivity contribution in [3.05, 3.63) is 42.6 Å². The number of benzene rings is 1. The third-order valence-electron chi connectivity index (χ3n) is 7.93. The van der Waals surface area contributed by atoms with Crippen molar-refractivity contribution >= 4 is 44.4 Å². The zero-order valence-electron chi connectivity index (χ0n) is 21.9. The van der Waals surface area contributed by atoms with E-state index in [9.17, 15) is 37.1 Å². The van der Waals surface area contributed by atoms with Gasteiger partial charge < -0.3 is 19.9 Å². The molecule has 0 spiro atoms. The van der Waals surface area contributed by atoms with Crippen molar-refractivity contribution in [1.29, 1.82) is 0 Å². The van der Waals surface area contributed by atoms with Crippen molar-refractivity contribution in [3.63, 3.8) is 0 Å². The van der Waals surface area contributed by atoms with Crippen LogP contribution in [0.15, 0.2) is 37.1 Å². The molecule has 3 fully saturated rings. The fourth-order valence-electron chi connectivity index (χ4n) is 5.53. The molecule has 3 N–H and O–H groups in total. The summed E-state index contributed by atoms with van der Waals surface area (Å²) >= 11 is 0. The highest BCUT2D eigenvalue weighted by atomic mass is 32.2. The summed E-state index contributed by atoms with van der Waals surface area (Å²) in [5, 5.41) is 12.5. The number of rotatable bonds is 10. The van der Waals surface area contributed by atoms with Crippen LogP contribution in [-0.2, 0) is 31.0 Å². The first-order valence-corrected chi connectivity index (χ1v) is 14.7. The molecule has 2 heterocycles. The number of carbonyl (C=O) groups excluding carboxylic acids is 4. The van der Waals surface area contributed by atoms with Crippen LogP contribution in [0.25, 0.3) is 10.9 Å². The molecule has 0 radical (unpaired) electrons. The van der Waals surface area contributed by atoms with E-state index in [0.717, 1.165) is 4.90 Å². The van der Waals surface area contributed by atoms with Gasteiger partial charge in [0.2, 0.25) is 21.8 Å². The quantitative estimate of drug-likeness (QED) is 0.287. The van der Waals surface area contributed by atoms with Gasteiger partial charge in [-0.15, -0.1) is 6.58 Å². The number of alkyl halides is 1. The molecule has 2 saturated carbocycles. The van der Waals surface area contributed by atoms with Crippen LogP contribution < -0.4 is 10.0 Å². The average Bonchev–Trinajstić information content (AvgIpc) is 3.78. The molecule has 5 rings (SSSR count). The van der Waals surface area contributed by atoms with Crippen LogP contribution in [0, 0.1) is 5.92 Å². The topological polar surface area (TPSA) is 155 Å². The zero-order chi connectivity index (χ0) is 29.0. The van der Waals surface area contributed by atoms with Crippen molar-refractivity contribution in [2.75, 3.05) is 6.54 Å². The molecule has 3 amide bonds. The predicted molar refractivity (Wildman–Crippen MR) is 143 cm³/mol. The molecule has 2 aromatic rings. The Kier molecular flexibility index (Phi) is 6.97. The molecule has 1 aromatic carbocycles. The van der Waals surface area contributed by atoms with Crippen molar-refractivity contribution < 1.29 is 37.1 Å². The van der Waals surface area contributed by atoms with E-state index in [1.807, 2.05) is 0 Å². The normalized spacial score (nSPS) is 25.9. The lowest BCUT2D eigenvalue weighted by atomic mass is 10.1. The molecule has 2 aliphatic carbocycles. The number of hydrogen-bond acceptors (Lipinski definition) is 7. The summed E-state index contributed by atoms with van der Waals surface area (Å²) in [7, 11) is -3.86. The molecule has 1 saturated heterocycles. The van der Waals surface area contributed by atoms with Gasteiger partial charge in [-0.2, -0.15) is 0 Å². The first kappa shape index (κ1) is 27.8. The lowest BCUT2D eigenvalue weighted by Gasteiger charge is -2.27. The maximum Gasteiger partial charge on any atom is 0.259 e. The second kappa shape index (κ2) is 10.0. The molecule has 11 nitrogen and oxygen atoms in total. The molecule has 40 heavy (non-hydrogen) atoms. The minimum atomic E-state index is -3.86. The highest BCUT2D eigenvalue weighted by Gasteiger charge is 2.62. The fraction of sp³-hybridized carbons (Fsp3) is 0.481. The number of hydrogen-bond donors (Lipinski definition) is 3. The summed E-state index contributed by atoms with van der Waals surface area (Å²) in [5.74, 6) is -2.89. The largest absolute Gasteiger partial charge is 0.508 e. The van der Waals surface area contributed by atoms with E-state index >= 15 is 0 Å². The second-order valence-corrected chi connectivity index (χ2v) is 12.8. The van der Waals surface area contributed by atoms with Crippen LogP contribution in [0.1, 0.15) is 49.4 Å². The molecule has 214 valence electrons. The van der Waals surface area contributed by atoms with Gasteiger partial charge in [-0.3, -0.25) is 23.9 Å². The Morgan fingerprint density at radius 3 is 2.62 bits per heavy atom. The Morgan fingerprint density at radius 1 is 1.25 bits per heavy atom. The first-order chi connectivity index (χ1) is 18.9. The number of likely N-dealkylation sites (tertiary alicyclic amines) is 1. The summed E-state index contributed by atoms with van der Waals surface area (Å²) in [4.78, 5) is 53.1. The van der Waals surface area contributed by atoms with Crippen LogP contribution in [-0.4, -0.2) is 76.0 Å². The number of nitrogens with one attached hydrogen (secondary N) is 2. The summed E-state index contributed by atoms with van der Waals surface area (Å²) in [6, 6.07) is 3.18. The number of phenols is 1. The SMILES string of the molecule is C=CC[C@H]1C[C@]1(NC(=O)[C@@H]1C[C@@H](F)CN1C(=O)Cn1cc(C(C)=O)c2ccc(O)cc21)C(=O)NS(=O)(=O)C1CC1. The third-order valence-corrected chi connectivity index (χ3v) is 9.75. The Bertz CT molecular complexity index is 1530. The monoisotopic (exact) mass is 574 g/mol. The number of halogens is 1. The predicted octanol–water partition coefficient (Wildman–Crippen LogP) is 1.55. The van der Waals surface area contributed by atoms with E-state index in [0.29, 0.717) is 35.7 Å². The molecule has 0 bridgehead atoms. The van der Waals surface area contributed by atoms with Crippen molar-refractivity contribution in [3.8, 4) is 5.75 Å². The van der Waals surface area contributed by atoms with Crippen LogP contribution in [0.3, 0.4) is 0 Å². The van der Waals surface area contributed by atoms with Gasteiger partial charge in [-0.05, 0) is 50.7 Å². The number of sulfonamides is 1. The number of nitrogens with zero attached hydrogens (tertiary/aromatic N) is 2. The summed E-state index contributed by atoms with van der Waals surface area (Å²) < 4.78 is 42.9. The Labute approximate surface area is 230 Å². The maximum absolute atomic E-state index is 14.6. The minimum absolute atomic E-state index is 0.0672. The van der Waals surface area contributed by atoms with Crippen LogP contribution in [0.2, 0.25) is 0 Å². The van der Waals surface area contributed by atoms with Gasteiger partial charge in [0.15, 0.2) is 5.78 Å². The Hall–Kier alpha value is -3.74. The summed E-state index contributed by atoms with van der Waals surface area (Å²) in [6.45, 7) is 4.37. The highest BCUT2D eigenvalue weighted by molar-refractivity contribution is 7.91. The average molecular weight is 575 g/mol. The van der Waals surface area contributed by atoms with Gasteiger partial charge in [0, 0.05) is 29.6 Å². The number of ketones is 1. The highest BCUT2D eigenvalue weighted by Crippen LogP contribution is 2.47. The van der Waals surface area contributed by atoms with Crippen molar-refractivity contribution in [2.45, 2.75) is 68.6 Å². The smallest absolute Gasteiger partial charge is 0.259 e. The molecule has 1 aromatic heterocycles. The second-order valence-electron chi connectivity index (χ2n) is 10.9. The van der Waals surface area contributed by atoms with Gasteiger partial charge in [0.25, 0.3) is 5.91 Å². The molecular formula is C27H31FN4O7S. The zero-order valence-corrected chi connectivity index (χ0v) is 22.7. The van der Waals surface area contributed by atoms with Crippen molar-refractivity contribution in [2.24, 2.45) is 5.92 Å². The lowest BCUT2D eigenvalue weighted by molar-refractivity contribution is -0.140. The minimum Gasteiger partial charge on any atom is -0.508 e. The Balaban J connectivity index is 1.35. The van der Waals surface area contributed by atoms with E-state index in [2.05, 4.69) is 16.6 Å². The molecule has 4 atom stereocenters. The first-order valence-electron chi connectivity index (χ1n) is 13.1. The van der Waals surface area contributed by atoms with Gasteiger partial charge in [0.1, 0.15) is 30.0 Å². The summed E-state index contributed by atoms with van der Waals surface area (Å²) in [6.07, 6.45) is 2.73. The van der Waals surface area contributed by atoms with Gasteiger partial charge >= 0.3 is 0 Å². The van der Waals surface area contributed by atoms with E-state index < -0.39 is 50.7 Å². The Morgan fingerprint density at radius 2 is 1.98 bits per heavy atom. The maximum atomic E-state index is 14.6. The number of fused-ring (bicyclic) bond motifs is 1. The van der Waals surface area contributed by atoms with Gasteiger partial charge in [-0.1, -0.05) is 6.08 Å². The van der Waals surface area contributed by atoms with Gasteiger partial charge in [-0.25, -0.2) is 12.8 Å². The van der Waals surface area contributed by atoms with Crippen LogP contribution in [0.5, 0.6) is 5.75 Å². The number of Topliss-reactive ketones (excluding diaryl/α,β-unsaturated/α-hetero) is 1. The van der Waals surface area contributed by atoms with E-state index in [4.69, 9.17) is 0 Å². The van der Waals surface area contributed by atoms with Crippen LogP contribution >= 0.6 is 0 Å². The fourth-order valence-corrected chi connectivity index (χ4v) is 6.89. The van der Waals surface area contributed by atoms with E-state index in [1.165, 1.54) is 29.8 Å². The molecular weight excluding hydrogens is 543 g/mol. The molecule has 13 heteroatoms. The molecule has 0 unspecified atom stereocenters. The molecule has 3 aliphatic rings. The number of phenolic OH excluding ortho intramolecular Hbond substituents is 1. The van der Waals surface area contributed by atoms with Gasteiger partial charge in [0.05, 0.1) is 17.3 Å². The standard InChI is InChI=1S/C27H31FN4O7S/c1-3-4-16-11-27(16,26(37)30-40(38,39)19-6-7-19)29-25(36)23-9-17(28)12-32(23)24(35)14-31-13-21(15(2)33)20-8-5-18(34)10-22(20)31/h3,5,8,10,13,16-17,19,23,34H,1,4,6-7,9,11-12,14H2,2H3,(H,29,36)(H,30,37)/t16-,17+,23-,27+/m0/s1. The molecule has 1 aliphatic heterocycles.